The van der Waals surface area contributed by atoms with Crippen LogP contribution in [0, 0.1) is 11.3 Å². The molecule has 0 radical (unpaired) electrons. The first-order valence-corrected chi connectivity index (χ1v) is 13.4. The van der Waals surface area contributed by atoms with E-state index in [1.807, 2.05) is 18.3 Å². The van der Waals surface area contributed by atoms with Crippen molar-refractivity contribution in [3.63, 3.8) is 0 Å². The zero-order valence-corrected chi connectivity index (χ0v) is 22.2. The lowest BCUT2D eigenvalue weighted by Gasteiger charge is -2.55. The first-order valence-electron chi connectivity index (χ1n) is 13.4. The van der Waals surface area contributed by atoms with E-state index in [0.717, 1.165) is 30.9 Å². The van der Waals surface area contributed by atoms with Crippen LogP contribution in [0.5, 0.6) is 5.75 Å². The minimum Gasteiger partial charge on any atom is -0.507 e. The molecule has 184 valence electrons. The fourth-order valence-electron chi connectivity index (χ4n) is 6.97. The van der Waals surface area contributed by atoms with Gasteiger partial charge in [-0.2, -0.15) is 0 Å². The van der Waals surface area contributed by atoms with Crippen LogP contribution in [-0.4, -0.2) is 31.0 Å². The Balaban J connectivity index is 1.54. The third-order valence-electron chi connectivity index (χ3n) is 8.99. The Labute approximate surface area is 207 Å². The van der Waals surface area contributed by atoms with Crippen molar-refractivity contribution in [1.29, 1.82) is 0 Å². The maximum absolute atomic E-state index is 10.6. The Morgan fingerprint density at radius 1 is 1.09 bits per heavy atom. The van der Waals surface area contributed by atoms with Crippen molar-refractivity contribution in [1.82, 2.24) is 0 Å². The van der Waals surface area contributed by atoms with Gasteiger partial charge in [0, 0.05) is 43.2 Å². The number of aryl methyl sites for hydroxylation is 1. The summed E-state index contributed by atoms with van der Waals surface area (Å²) in [5.41, 5.74) is 6.94. The van der Waals surface area contributed by atoms with Crippen molar-refractivity contribution in [3.05, 3.63) is 58.7 Å². The van der Waals surface area contributed by atoms with Crippen molar-refractivity contribution in [3.8, 4) is 5.75 Å². The molecule has 2 aromatic carbocycles. The monoisotopic (exact) mass is 460 g/mol. The van der Waals surface area contributed by atoms with Crippen molar-refractivity contribution in [2.24, 2.45) is 16.3 Å². The summed E-state index contributed by atoms with van der Waals surface area (Å²) in [4.78, 5) is 7.18. The van der Waals surface area contributed by atoms with Gasteiger partial charge < -0.3 is 10.0 Å². The van der Waals surface area contributed by atoms with Gasteiger partial charge in [-0.05, 0) is 91.0 Å². The molecule has 1 fully saturated rings. The van der Waals surface area contributed by atoms with E-state index in [0.29, 0.717) is 17.6 Å². The van der Waals surface area contributed by atoms with Crippen LogP contribution in [0.1, 0.15) is 95.4 Å². The number of hydrogen-bond donors (Lipinski definition) is 1. The van der Waals surface area contributed by atoms with E-state index in [-0.39, 0.29) is 10.8 Å². The highest BCUT2D eigenvalue weighted by Gasteiger charge is 2.51. The standard InChI is InChI=1S/C31H44N2O/c1-7-33(8-2)26-13-10-25(28(34)19-26)20-32-21-30(5)16-9-17-31(6)27-14-11-23(22(3)4)18-24(27)12-15-29(30)31/h10-11,13-14,18-20,22,29,34H,7-9,12,15-17,21H2,1-6H3/t29-,30-,31+/m0/s1. The van der Waals surface area contributed by atoms with Gasteiger partial charge in [0.1, 0.15) is 5.75 Å². The molecule has 0 heterocycles. The number of phenols is 1. The lowest BCUT2D eigenvalue weighted by Crippen LogP contribution is -2.50. The zero-order valence-electron chi connectivity index (χ0n) is 22.2. The minimum absolute atomic E-state index is 0.189. The Kier molecular flexibility index (Phi) is 7.12. The average molecular weight is 461 g/mol. The average Bonchev–Trinajstić information content (AvgIpc) is 2.80. The second kappa shape index (κ2) is 9.76. The quantitative estimate of drug-likeness (QED) is 0.434. The van der Waals surface area contributed by atoms with Crippen LogP contribution >= 0.6 is 0 Å². The highest BCUT2D eigenvalue weighted by molar-refractivity contribution is 5.84. The van der Waals surface area contributed by atoms with Crippen molar-refractivity contribution < 1.29 is 5.11 Å². The van der Waals surface area contributed by atoms with Crippen LogP contribution in [0.2, 0.25) is 0 Å². The van der Waals surface area contributed by atoms with Gasteiger partial charge in [0.25, 0.3) is 0 Å². The Bertz CT molecular complexity index is 1040. The van der Waals surface area contributed by atoms with Crippen LogP contribution in [0.3, 0.4) is 0 Å². The van der Waals surface area contributed by atoms with E-state index in [1.54, 1.807) is 11.1 Å². The number of aliphatic imine (C=N–C) groups is 1. The molecule has 0 unspecified atom stereocenters. The van der Waals surface area contributed by atoms with Crippen LogP contribution in [0.15, 0.2) is 41.4 Å². The molecular formula is C31H44N2O. The maximum Gasteiger partial charge on any atom is 0.126 e. The van der Waals surface area contributed by atoms with E-state index in [9.17, 15) is 5.11 Å². The van der Waals surface area contributed by atoms with Gasteiger partial charge in [-0.25, -0.2) is 0 Å². The van der Waals surface area contributed by atoms with Gasteiger partial charge in [-0.15, -0.1) is 0 Å². The number of aromatic hydroxyl groups is 1. The summed E-state index contributed by atoms with van der Waals surface area (Å²) in [6.45, 7) is 16.5. The predicted molar refractivity (Wildman–Crippen MR) is 146 cm³/mol. The second-order valence-electron chi connectivity index (χ2n) is 11.5. The predicted octanol–water partition coefficient (Wildman–Crippen LogP) is 7.49. The van der Waals surface area contributed by atoms with Crippen LogP contribution in [-0.2, 0) is 11.8 Å². The first-order chi connectivity index (χ1) is 16.2. The molecule has 2 aliphatic carbocycles. The highest BCUT2D eigenvalue weighted by atomic mass is 16.3. The minimum atomic E-state index is 0.189. The summed E-state index contributed by atoms with van der Waals surface area (Å²) in [5, 5.41) is 10.6. The molecule has 0 aromatic heterocycles. The van der Waals surface area contributed by atoms with Gasteiger partial charge in [-0.3, -0.25) is 4.99 Å². The van der Waals surface area contributed by atoms with E-state index in [2.05, 4.69) is 70.7 Å². The highest BCUT2D eigenvalue weighted by Crippen LogP contribution is 2.57. The van der Waals surface area contributed by atoms with E-state index >= 15 is 0 Å². The fourth-order valence-corrected chi connectivity index (χ4v) is 6.97. The number of fused-ring (bicyclic) bond motifs is 3. The summed E-state index contributed by atoms with van der Waals surface area (Å²) in [6.07, 6.45) is 8.10. The zero-order chi connectivity index (χ0) is 24.5. The molecular weight excluding hydrogens is 416 g/mol. The number of hydrogen-bond acceptors (Lipinski definition) is 3. The molecule has 34 heavy (non-hydrogen) atoms. The summed E-state index contributed by atoms with van der Waals surface area (Å²) in [6, 6.07) is 13.3. The van der Waals surface area contributed by atoms with Gasteiger partial charge in [-0.1, -0.05) is 52.3 Å². The van der Waals surface area contributed by atoms with Crippen molar-refractivity contribution in [2.45, 2.75) is 85.0 Å². The van der Waals surface area contributed by atoms with Gasteiger partial charge in [0.05, 0.1) is 0 Å². The molecule has 3 nitrogen and oxygen atoms in total. The lowest BCUT2D eigenvalue weighted by molar-refractivity contribution is 0.0332. The Morgan fingerprint density at radius 2 is 1.85 bits per heavy atom. The smallest absolute Gasteiger partial charge is 0.126 e. The first kappa shape index (κ1) is 24.8. The third-order valence-corrected chi connectivity index (χ3v) is 8.99. The molecule has 1 N–H and O–H groups in total. The topological polar surface area (TPSA) is 35.8 Å². The molecule has 3 atom stereocenters. The summed E-state index contributed by atoms with van der Waals surface area (Å²) < 4.78 is 0. The number of benzene rings is 2. The van der Waals surface area contributed by atoms with E-state index in [4.69, 9.17) is 4.99 Å². The van der Waals surface area contributed by atoms with Crippen LogP contribution in [0.25, 0.3) is 0 Å². The van der Waals surface area contributed by atoms with Gasteiger partial charge in [0.2, 0.25) is 0 Å². The maximum atomic E-state index is 10.6. The second-order valence-corrected chi connectivity index (χ2v) is 11.5. The van der Waals surface area contributed by atoms with Crippen LogP contribution in [0.4, 0.5) is 5.69 Å². The molecule has 2 aromatic rings. The number of rotatable bonds is 7. The SMILES string of the molecule is CCN(CC)c1ccc(C=NC[C@]2(C)CCC[C@]3(C)c4ccc(C(C)C)cc4CC[C@@H]23)c(O)c1. The number of nitrogens with zero attached hydrogens (tertiary/aromatic N) is 2. The largest absolute Gasteiger partial charge is 0.507 e. The Morgan fingerprint density at radius 3 is 2.53 bits per heavy atom. The number of phenolic OH excluding ortho intramolecular Hbond substituents is 1. The molecule has 3 heteroatoms. The molecule has 0 amide bonds. The summed E-state index contributed by atoms with van der Waals surface area (Å²) in [7, 11) is 0. The normalized spacial score (nSPS) is 26.5. The molecule has 2 aliphatic rings. The van der Waals surface area contributed by atoms with E-state index in [1.165, 1.54) is 37.7 Å². The van der Waals surface area contributed by atoms with Crippen molar-refractivity contribution in [2.75, 3.05) is 24.5 Å². The molecule has 4 rings (SSSR count). The molecule has 1 saturated carbocycles. The van der Waals surface area contributed by atoms with E-state index < -0.39 is 0 Å². The van der Waals surface area contributed by atoms with Gasteiger partial charge >= 0.3 is 0 Å². The summed E-state index contributed by atoms with van der Waals surface area (Å²) in [5.74, 6) is 1.54. The van der Waals surface area contributed by atoms with Crippen LogP contribution < -0.4 is 4.90 Å². The Hall–Kier alpha value is -2.29. The lowest BCUT2D eigenvalue weighted by atomic mass is 9.50. The fraction of sp³-hybridized carbons (Fsp3) is 0.581. The van der Waals surface area contributed by atoms with Crippen molar-refractivity contribution >= 4 is 11.9 Å². The third kappa shape index (κ3) is 4.51. The molecule has 0 spiro atoms. The molecule has 0 bridgehead atoms. The molecule has 0 aliphatic heterocycles. The molecule has 0 saturated heterocycles. The van der Waals surface area contributed by atoms with Gasteiger partial charge in [0.15, 0.2) is 0 Å². The summed E-state index contributed by atoms with van der Waals surface area (Å²) >= 11 is 0. The number of anilines is 1.